The summed E-state index contributed by atoms with van der Waals surface area (Å²) in [4.78, 5) is 0.488. The average Bonchev–Trinajstić information content (AvgIpc) is 2.28. The molecule has 0 unspecified atom stereocenters. The number of hydrogen-bond acceptors (Lipinski definition) is 3. The fourth-order valence-electron chi connectivity index (χ4n) is 1.50. The number of rotatable bonds is 4. The minimum atomic E-state index is -0.583. The molecule has 0 aliphatic rings. The Morgan fingerprint density at radius 2 is 2.06 bits per heavy atom. The summed E-state index contributed by atoms with van der Waals surface area (Å²) in [5.41, 5.74) is -0.0685. The van der Waals surface area contributed by atoms with Gasteiger partial charge in [-0.25, -0.2) is 4.39 Å². The van der Waals surface area contributed by atoms with E-state index in [0.29, 0.717) is 16.2 Å². The molecule has 0 saturated heterocycles. The number of ether oxygens (including phenoxy) is 1. The molecule has 1 aromatic rings. The lowest BCUT2D eigenvalue weighted by atomic mass is 9.85. The van der Waals surface area contributed by atoms with E-state index in [4.69, 9.17) is 4.74 Å². The summed E-state index contributed by atoms with van der Waals surface area (Å²) in [7, 11) is 1.52. The summed E-state index contributed by atoms with van der Waals surface area (Å²) in [5.74, 6) is 0.230. The van der Waals surface area contributed by atoms with Gasteiger partial charge >= 0.3 is 0 Å². The van der Waals surface area contributed by atoms with Crippen LogP contribution in [0.4, 0.5) is 4.39 Å². The zero-order valence-corrected chi connectivity index (χ0v) is 10.8. The quantitative estimate of drug-likeness (QED) is 0.826. The van der Waals surface area contributed by atoms with Gasteiger partial charge in [-0.15, -0.1) is 11.8 Å². The Kier molecular flexibility index (Phi) is 4.21. The van der Waals surface area contributed by atoms with Crippen molar-refractivity contribution in [1.82, 2.24) is 0 Å². The molecule has 90 valence electrons. The van der Waals surface area contributed by atoms with Crippen molar-refractivity contribution in [3.8, 4) is 5.75 Å². The third-order valence-corrected chi connectivity index (χ3v) is 3.40. The maximum Gasteiger partial charge on any atom is 0.144 e. The van der Waals surface area contributed by atoms with E-state index in [9.17, 15) is 9.50 Å². The number of benzene rings is 1. The molecule has 1 aromatic carbocycles. The van der Waals surface area contributed by atoms with Gasteiger partial charge in [0, 0.05) is 5.41 Å². The van der Waals surface area contributed by atoms with Crippen molar-refractivity contribution in [2.24, 2.45) is 0 Å². The molecule has 1 rings (SSSR count). The third kappa shape index (κ3) is 2.33. The number of aliphatic hydroxyl groups excluding tert-OH is 1. The molecule has 0 aliphatic carbocycles. The molecule has 1 N–H and O–H groups in total. The van der Waals surface area contributed by atoms with Crippen LogP contribution in [0.25, 0.3) is 0 Å². The second-order valence-electron chi connectivity index (χ2n) is 4.20. The summed E-state index contributed by atoms with van der Waals surface area (Å²) in [6, 6.07) is 3.41. The van der Waals surface area contributed by atoms with Crippen molar-refractivity contribution in [3.05, 3.63) is 23.5 Å². The number of aliphatic hydroxyl groups is 1. The molecule has 0 aromatic heterocycles. The van der Waals surface area contributed by atoms with Gasteiger partial charge in [0.05, 0.1) is 18.6 Å². The smallest absolute Gasteiger partial charge is 0.144 e. The molecule has 0 amide bonds. The normalized spacial score (nSPS) is 11.6. The topological polar surface area (TPSA) is 29.5 Å². The van der Waals surface area contributed by atoms with Gasteiger partial charge in [-0.3, -0.25) is 0 Å². The maximum atomic E-state index is 14.2. The van der Waals surface area contributed by atoms with Crippen LogP contribution in [0.5, 0.6) is 5.75 Å². The zero-order chi connectivity index (χ0) is 12.3. The number of thioether (sulfide) groups is 1. The van der Waals surface area contributed by atoms with Gasteiger partial charge in [-0.05, 0) is 17.9 Å². The Hall–Kier alpha value is -0.740. The average molecular weight is 244 g/mol. The van der Waals surface area contributed by atoms with Crippen molar-refractivity contribution in [2.45, 2.75) is 24.2 Å². The van der Waals surface area contributed by atoms with Crippen LogP contribution in [0.3, 0.4) is 0 Å². The van der Waals surface area contributed by atoms with Gasteiger partial charge in [0.1, 0.15) is 11.6 Å². The van der Waals surface area contributed by atoms with Gasteiger partial charge in [0.15, 0.2) is 0 Å². The lowest BCUT2D eigenvalue weighted by Gasteiger charge is -2.24. The van der Waals surface area contributed by atoms with Crippen LogP contribution < -0.4 is 4.74 Å². The van der Waals surface area contributed by atoms with Crippen molar-refractivity contribution in [1.29, 1.82) is 0 Å². The first kappa shape index (κ1) is 13.3. The summed E-state index contributed by atoms with van der Waals surface area (Å²) in [6.07, 6.45) is 1.80. The highest BCUT2D eigenvalue weighted by Gasteiger charge is 2.26. The Morgan fingerprint density at radius 3 is 2.50 bits per heavy atom. The number of methoxy groups -OCH3 is 1. The molecule has 0 aliphatic heterocycles. The number of hydrogen-bond donors (Lipinski definition) is 1. The molecule has 0 heterocycles. The van der Waals surface area contributed by atoms with E-state index in [1.807, 2.05) is 13.8 Å². The van der Waals surface area contributed by atoms with E-state index in [0.717, 1.165) is 0 Å². The lowest BCUT2D eigenvalue weighted by Crippen LogP contribution is -2.24. The van der Waals surface area contributed by atoms with E-state index in [-0.39, 0.29) is 12.4 Å². The van der Waals surface area contributed by atoms with Gasteiger partial charge in [0.25, 0.3) is 0 Å². The number of halogens is 1. The van der Waals surface area contributed by atoms with Gasteiger partial charge in [-0.1, -0.05) is 19.9 Å². The molecule has 0 fully saturated rings. The van der Waals surface area contributed by atoms with Crippen molar-refractivity contribution >= 4 is 11.8 Å². The summed E-state index contributed by atoms with van der Waals surface area (Å²) < 4.78 is 19.3. The molecule has 0 saturated carbocycles. The second-order valence-corrected chi connectivity index (χ2v) is 5.02. The fourth-order valence-corrected chi connectivity index (χ4v) is 2.14. The predicted molar refractivity (Wildman–Crippen MR) is 64.8 cm³/mol. The third-order valence-electron chi connectivity index (χ3n) is 2.61. The van der Waals surface area contributed by atoms with Crippen molar-refractivity contribution in [2.75, 3.05) is 20.0 Å². The fraction of sp³-hybridized carbons (Fsp3) is 0.500. The minimum Gasteiger partial charge on any atom is -0.495 e. The van der Waals surface area contributed by atoms with Crippen LogP contribution in [-0.2, 0) is 5.41 Å². The molecular weight excluding hydrogens is 227 g/mol. The predicted octanol–water partition coefficient (Wildman–Crippen LogP) is 2.83. The van der Waals surface area contributed by atoms with Crippen LogP contribution in [-0.4, -0.2) is 25.1 Å². The molecule has 0 radical (unpaired) electrons. The zero-order valence-electron chi connectivity index (χ0n) is 10.0. The summed E-state index contributed by atoms with van der Waals surface area (Å²) in [5, 5.41) is 9.26. The highest BCUT2D eigenvalue weighted by atomic mass is 32.2. The highest BCUT2D eigenvalue weighted by molar-refractivity contribution is 7.98. The lowest BCUT2D eigenvalue weighted by molar-refractivity contribution is 0.214. The Labute approximate surface area is 99.8 Å². The van der Waals surface area contributed by atoms with Crippen LogP contribution in [0, 0.1) is 5.82 Å². The Balaban J connectivity index is 3.35. The van der Waals surface area contributed by atoms with Crippen LogP contribution in [0.15, 0.2) is 17.0 Å². The van der Waals surface area contributed by atoms with Gasteiger partial charge in [0.2, 0.25) is 0 Å². The highest BCUT2D eigenvalue weighted by Crippen LogP contribution is 2.36. The van der Waals surface area contributed by atoms with Crippen LogP contribution in [0.2, 0.25) is 0 Å². The molecule has 16 heavy (non-hydrogen) atoms. The monoisotopic (exact) mass is 244 g/mol. The SMILES string of the molecule is COc1ccc(C(C)(C)CO)c(F)c1SC. The van der Waals surface area contributed by atoms with E-state index in [1.54, 1.807) is 18.4 Å². The van der Waals surface area contributed by atoms with Gasteiger partial charge < -0.3 is 9.84 Å². The maximum absolute atomic E-state index is 14.2. The van der Waals surface area contributed by atoms with Crippen LogP contribution >= 0.6 is 11.8 Å². The summed E-state index contributed by atoms with van der Waals surface area (Å²) in [6.45, 7) is 3.52. The van der Waals surface area contributed by atoms with Crippen molar-refractivity contribution < 1.29 is 14.2 Å². The first-order chi connectivity index (χ1) is 7.47. The first-order valence-electron chi connectivity index (χ1n) is 4.99. The molecular formula is C12H17FO2S. The van der Waals surface area contributed by atoms with Crippen LogP contribution in [0.1, 0.15) is 19.4 Å². The van der Waals surface area contributed by atoms with E-state index < -0.39 is 5.41 Å². The molecule has 0 bridgehead atoms. The summed E-state index contributed by atoms with van der Waals surface area (Å²) >= 11 is 1.31. The van der Waals surface area contributed by atoms with E-state index in [1.165, 1.54) is 18.9 Å². The standard InChI is InChI=1S/C12H17FO2S/c1-12(2,7-14)8-5-6-9(15-3)11(16-4)10(8)13/h5-6,14H,7H2,1-4H3. The molecule has 0 spiro atoms. The Bertz CT molecular complexity index is 378. The van der Waals surface area contributed by atoms with Crippen molar-refractivity contribution in [3.63, 3.8) is 0 Å². The van der Waals surface area contributed by atoms with Gasteiger partial charge in [-0.2, -0.15) is 0 Å². The minimum absolute atomic E-state index is 0.0932. The second kappa shape index (κ2) is 5.06. The largest absolute Gasteiger partial charge is 0.495 e. The van der Waals surface area contributed by atoms with E-state index in [2.05, 4.69) is 0 Å². The van der Waals surface area contributed by atoms with E-state index >= 15 is 0 Å². The molecule has 2 nitrogen and oxygen atoms in total. The first-order valence-corrected chi connectivity index (χ1v) is 6.22. The molecule has 4 heteroatoms. The Morgan fingerprint density at radius 1 is 1.44 bits per heavy atom. The molecule has 0 atom stereocenters.